The molecule has 0 unspecified atom stereocenters. The molecule has 5 rings (SSSR count). The Hall–Kier alpha value is -3.60. The first kappa shape index (κ1) is 16.6. The number of aryl methyl sites for hydroxylation is 2. The smallest absolute Gasteiger partial charge is 0.141 e. The molecule has 3 heterocycles. The van der Waals surface area contributed by atoms with Gasteiger partial charge in [-0.05, 0) is 32.0 Å². The first-order chi connectivity index (χ1) is 13.7. The maximum absolute atomic E-state index is 5.75. The van der Waals surface area contributed by atoms with Gasteiger partial charge in [0.05, 0.1) is 29.6 Å². The molecule has 2 aromatic carbocycles. The highest BCUT2D eigenvalue weighted by atomic mass is 16.5. The van der Waals surface area contributed by atoms with Crippen LogP contribution in [0.1, 0.15) is 11.5 Å². The van der Waals surface area contributed by atoms with Crippen molar-refractivity contribution in [2.45, 2.75) is 13.8 Å². The van der Waals surface area contributed by atoms with Crippen molar-refractivity contribution >= 4 is 21.8 Å². The first-order valence-corrected chi connectivity index (χ1v) is 9.14. The van der Waals surface area contributed by atoms with Crippen molar-refractivity contribution in [3.05, 3.63) is 66.2 Å². The molecule has 0 aliphatic rings. The quantitative estimate of drug-likeness (QED) is 0.445. The molecule has 0 aliphatic carbocycles. The second-order valence-corrected chi connectivity index (χ2v) is 6.87. The zero-order valence-corrected chi connectivity index (χ0v) is 15.9. The molecule has 0 aliphatic heterocycles. The van der Waals surface area contributed by atoms with Gasteiger partial charge in [0.2, 0.25) is 0 Å². The van der Waals surface area contributed by atoms with E-state index in [-0.39, 0.29) is 0 Å². The molecule has 5 aromatic rings. The Balaban J connectivity index is 1.85. The van der Waals surface area contributed by atoms with Gasteiger partial charge in [-0.15, -0.1) is 0 Å². The largest absolute Gasteiger partial charge is 0.496 e. The van der Waals surface area contributed by atoms with Crippen LogP contribution in [-0.4, -0.2) is 22.2 Å². The third-order valence-corrected chi connectivity index (χ3v) is 5.18. The Morgan fingerprint density at radius 3 is 2.54 bits per heavy atom. The fourth-order valence-corrected chi connectivity index (χ4v) is 3.92. The number of pyridine rings is 1. The molecule has 1 N–H and O–H groups in total. The number of fused-ring (bicyclic) bond motifs is 3. The molecule has 0 saturated heterocycles. The van der Waals surface area contributed by atoms with Gasteiger partial charge in [-0.2, -0.15) is 0 Å². The zero-order valence-electron chi connectivity index (χ0n) is 15.9. The third kappa shape index (κ3) is 2.40. The van der Waals surface area contributed by atoms with Crippen LogP contribution in [0.4, 0.5) is 0 Å². The minimum Gasteiger partial charge on any atom is -0.496 e. The number of nitrogens with zero attached hydrogens (tertiary/aromatic N) is 2. The third-order valence-electron chi connectivity index (χ3n) is 5.18. The molecule has 0 amide bonds. The van der Waals surface area contributed by atoms with Crippen molar-refractivity contribution in [2.75, 3.05) is 7.11 Å². The minimum atomic E-state index is 0.776. The van der Waals surface area contributed by atoms with E-state index in [0.29, 0.717) is 0 Å². The second-order valence-electron chi connectivity index (χ2n) is 6.87. The summed E-state index contributed by atoms with van der Waals surface area (Å²) in [7, 11) is 1.69. The van der Waals surface area contributed by atoms with E-state index in [9.17, 15) is 0 Å². The molecule has 3 aromatic heterocycles. The Morgan fingerprint density at radius 2 is 1.82 bits per heavy atom. The molecule has 138 valence electrons. The highest BCUT2D eigenvalue weighted by Gasteiger charge is 2.19. The van der Waals surface area contributed by atoms with Gasteiger partial charge < -0.3 is 14.2 Å². The summed E-state index contributed by atoms with van der Waals surface area (Å²) in [4.78, 5) is 8.20. The van der Waals surface area contributed by atoms with Crippen LogP contribution in [0, 0.1) is 13.8 Å². The molecular weight excluding hydrogens is 350 g/mol. The van der Waals surface area contributed by atoms with Crippen LogP contribution in [0.15, 0.2) is 59.3 Å². The van der Waals surface area contributed by atoms with Crippen molar-refractivity contribution in [1.29, 1.82) is 0 Å². The van der Waals surface area contributed by atoms with Crippen LogP contribution < -0.4 is 4.74 Å². The number of nitrogens with one attached hydrogen (secondary N) is 1. The second kappa shape index (κ2) is 6.23. The lowest BCUT2D eigenvalue weighted by molar-refractivity contribution is 0.393. The molecule has 0 atom stereocenters. The highest BCUT2D eigenvalue weighted by molar-refractivity contribution is 6.14. The number of hydrogen-bond donors (Lipinski definition) is 1. The van der Waals surface area contributed by atoms with Gasteiger partial charge in [-0.3, -0.25) is 4.98 Å². The van der Waals surface area contributed by atoms with Gasteiger partial charge >= 0.3 is 0 Å². The minimum absolute atomic E-state index is 0.776. The maximum Gasteiger partial charge on any atom is 0.141 e. The summed E-state index contributed by atoms with van der Waals surface area (Å²) in [6, 6.07) is 16.4. The molecule has 5 heteroatoms. The lowest BCUT2D eigenvalue weighted by atomic mass is 9.99. The van der Waals surface area contributed by atoms with Crippen LogP contribution in [-0.2, 0) is 0 Å². The summed E-state index contributed by atoms with van der Waals surface area (Å²) >= 11 is 0. The molecule has 0 fully saturated rings. The van der Waals surface area contributed by atoms with Gasteiger partial charge in [-0.25, -0.2) is 0 Å². The molecule has 0 saturated carbocycles. The lowest BCUT2D eigenvalue weighted by Crippen LogP contribution is -1.90. The van der Waals surface area contributed by atoms with Crippen LogP contribution in [0.3, 0.4) is 0 Å². The summed E-state index contributed by atoms with van der Waals surface area (Å²) in [6.07, 6.45) is 1.84. The topological polar surface area (TPSA) is 63.9 Å². The number of hydrogen-bond acceptors (Lipinski definition) is 4. The van der Waals surface area contributed by atoms with E-state index in [1.54, 1.807) is 7.11 Å². The summed E-state index contributed by atoms with van der Waals surface area (Å²) in [5.74, 6) is 1.56. The predicted molar refractivity (Wildman–Crippen MR) is 111 cm³/mol. The summed E-state index contributed by atoms with van der Waals surface area (Å²) in [5, 5.41) is 6.26. The molecule has 28 heavy (non-hydrogen) atoms. The predicted octanol–water partition coefficient (Wildman–Crippen LogP) is 5.66. The van der Waals surface area contributed by atoms with Gasteiger partial charge in [0.15, 0.2) is 0 Å². The average molecular weight is 369 g/mol. The van der Waals surface area contributed by atoms with Gasteiger partial charge in [-0.1, -0.05) is 35.5 Å². The fourth-order valence-electron chi connectivity index (χ4n) is 3.92. The monoisotopic (exact) mass is 369 g/mol. The van der Waals surface area contributed by atoms with Crippen molar-refractivity contribution in [3.63, 3.8) is 0 Å². The van der Waals surface area contributed by atoms with Gasteiger partial charge in [0, 0.05) is 33.6 Å². The van der Waals surface area contributed by atoms with Crippen LogP contribution in [0.5, 0.6) is 5.75 Å². The van der Waals surface area contributed by atoms with Crippen molar-refractivity contribution in [1.82, 2.24) is 15.1 Å². The van der Waals surface area contributed by atoms with E-state index in [0.717, 1.165) is 61.4 Å². The first-order valence-electron chi connectivity index (χ1n) is 9.14. The standard InChI is InChI=1S/C23H19N3O2/c1-13-21(14(2)28-26-13)17-11-19-16(12-20(17)27-3)22-18(25-19)9-10-24-23(22)15-7-5-4-6-8-15/h4-12,25H,1-3H3. The summed E-state index contributed by atoms with van der Waals surface area (Å²) < 4.78 is 11.1. The van der Waals surface area contributed by atoms with E-state index in [4.69, 9.17) is 9.26 Å². The molecule has 0 spiro atoms. The number of aromatic amines is 1. The van der Waals surface area contributed by atoms with Crippen molar-refractivity contribution in [2.24, 2.45) is 0 Å². The Kier molecular flexibility index (Phi) is 3.69. The van der Waals surface area contributed by atoms with Crippen LogP contribution >= 0.6 is 0 Å². The molecular formula is C23H19N3O2. The van der Waals surface area contributed by atoms with Gasteiger partial charge in [0.1, 0.15) is 11.5 Å². The van der Waals surface area contributed by atoms with E-state index in [1.165, 1.54) is 0 Å². The molecule has 0 bridgehead atoms. The molecule has 5 nitrogen and oxygen atoms in total. The number of methoxy groups -OCH3 is 1. The Bertz CT molecular complexity index is 1300. The van der Waals surface area contributed by atoms with Crippen molar-refractivity contribution < 1.29 is 9.26 Å². The number of H-pyrrole nitrogens is 1. The van der Waals surface area contributed by atoms with E-state index in [1.807, 2.05) is 44.3 Å². The lowest BCUT2D eigenvalue weighted by Gasteiger charge is -2.09. The number of ether oxygens (including phenoxy) is 1. The Labute approximate surface area is 162 Å². The molecule has 0 radical (unpaired) electrons. The highest BCUT2D eigenvalue weighted by Crippen LogP contribution is 2.41. The summed E-state index contributed by atoms with van der Waals surface area (Å²) in [5.41, 5.74) is 6.89. The maximum atomic E-state index is 5.75. The fraction of sp³-hybridized carbons (Fsp3) is 0.130. The van der Waals surface area contributed by atoms with E-state index in [2.05, 4.69) is 39.4 Å². The normalized spacial score (nSPS) is 11.4. The summed E-state index contributed by atoms with van der Waals surface area (Å²) in [6.45, 7) is 3.86. The number of aromatic nitrogens is 3. The Morgan fingerprint density at radius 1 is 1.00 bits per heavy atom. The van der Waals surface area contributed by atoms with Crippen LogP contribution in [0.2, 0.25) is 0 Å². The van der Waals surface area contributed by atoms with Crippen molar-refractivity contribution in [3.8, 4) is 28.1 Å². The van der Waals surface area contributed by atoms with Crippen LogP contribution in [0.25, 0.3) is 44.2 Å². The number of rotatable bonds is 3. The number of benzene rings is 2. The van der Waals surface area contributed by atoms with E-state index >= 15 is 0 Å². The average Bonchev–Trinajstić information content (AvgIpc) is 3.26. The van der Waals surface area contributed by atoms with E-state index < -0.39 is 0 Å². The SMILES string of the molecule is COc1cc2c(cc1-c1c(C)noc1C)[nH]c1ccnc(-c3ccccc3)c12. The van der Waals surface area contributed by atoms with Gasteiger partial charge in [0.25, 0.3) is 0 Å². The zero-order chi connectivity index (χ0) is 19.3.